The highest BCUT2D eigenvalue weighted by atomic mass is 127. The summed E-state index contributed by atoms with van der Waals surface area (Å²) in [6.45, 7) is 8.99. The van der Waals surface area contributed by atoms with Crippen LogP contribution in [0.15, 0.2) is 24.3 Å². The van der Waals surface area contributed by atoms with Gasteiger partial charge in [0.25, 0.3) is 0 Å². The fourth-order valence-corrected chi connectivity index (χ4v) is 0.865. The monoisotopic (exact) mass is 311 g/mol. The van der Waals surface area contributed by atoms with Crippen molar-refractivity contribution in [3.63, 3.8) is 0 Å². The number of esters is 1. The summed E-state index contributed by atoms with van der Waals surface area (Å²) in [6.07, 6.45) is 3.21. The molecule has 0 aliphatic carbocycles. The molecule has 0 rings (SSSR count). The van der Waals surface area contributed by atoms with Gasteiger partial charge in [-0.15, -0.1) is 24.0 Å². The largest absolute Gasteiger partial charge is 0.458 e. The summed E-state index contributed by atoms with van der Waals surface area (Å²) in [6, 6.07) is 0. The van der Waals surface area contributed by atoms with Crippen LogP contribution in [0.2, 0.25) is 0 Å². The van der Waals surface area contributed by atoms with Gasteiger partial charge in [0.15, 0.2) is 0 Å². The molecule has 2 N–H and O–H groups in total. The molecule has 0 saturated carbocycles. The lowest BCUT2D eigenvalue weighted by atomic mass is 10.0. The summed E-state index contributed by atoms with van der Waals surface area (Å²) >= 11 is 0. The zero-order chi connectivity index (χ0) is 10.5. The van der Waals surface area contributed by atoms with Gasteiger partial charge in [-0.25, -0.2) is 4.79 Å². The molecule has 0 fully saturated rings. The molecule has 0 aliphatic rings. The van der Waals surface area contributed by atoms with Gasteiger partial charge in [0.1, 0.15) is 6.61 Å². The van der Waals surface area contributed by atoms with Gasteiger partial charge in [0.05, 0.1) is 0 Å². The Morgan fingerprint density at radius 1 is 1.57 bits per heavy atom. The minimum atomic E-state index is -0.489. The van der Waals surface area contributed by atoms with E-state index in [1.807, 2.05) is 13.8 Å². The third-order valence-electron chi connectivity index (χ3n) is 1.24. The van der Waals surface area contributed by atoms with Gasteiger partial charge in [-0.3, -0.25) is 0 Å². The maximum absolute atomic E-state index is 11.2. The Morgan fingerprint density at radius 3 is 2.43 bits per heavy atom. The van der Waals surface area contributed by atoms with E-state index in [9.17, 15) is 4.79 Å². The molecule has 0 aromatic heterocycles. The van der Waals surface area contributed by atoms with Crippen LogP contribution in [-0.2, 0) is 9.53 Å². The summed E-state index contributed by atoms with van der Waals surface area (Å²) in [7, 11) is 0. The summed E-state index contributed by atoms with van der Waals surface area (Å²) in [5.41, 5.74) is 5.73. The van der Waals surface area contributed by atoms with E-state index in [1.54, 1.807) is 13.0 Å². The van der Waals surface area contributed by atoms with E-state index < -0.39 is 5.54 Å². The van der Waals surface area contributed by atoms with Gasteiger partial charge in [-0.2, -0.15) is 0 Å². The highest BCUT2D eigenvalue weighted by Crippen LogP contribution is 2.05. The molecule has 0 spiro atoms. The number of rotatable bonds is 4. The number of carbonyl (C=O) groups excluding carboxylic acids is 1. The number of hydrogen-bond acceptors (Lipinski definition) is 3. The molecule has 0 aromatic carbocycles. The van der Waals surface area contributed by atoms with Crippen molar-refractivity contribution >= 4 is 29.9 Å². The normalized spacial score (nSPS) is 11.6. The maximum Gasteiger partial charge on any atom is 0.333 e. The van der Waals surface area contributed by atoms with Crippen LogP contribution < -0.4 is 5.73 Å². The summed E-state index contributed by atoms with van der Waals surface area (Å²) in [5.74, 6) is -0.349. The van der Waals surface area contributed by atoms with Crippen LogP contribution in [0.25, 0.3) is 0 Å². The van der Waals surface area contributed by atoms with E-state index in [1.165, 1.54) is 6.08 Å². The van der Waals surface area contributed by atoms with Crippen molar-refractivity contribution in [1.29, 1.82) is 0 Å². The molecular formula is C10H18INO2. The van der Waals surface area contributed by atoms with Crippen LogP contribution in [0, 0.1) is 0 Å². The lowest BCUT2D eigenvalue weighted by Crippen LogP contribution is -2.30. The molecule has 4 heteroatoms. The highest BCUT2D eigenvalue weighted by molar-refractivity contribution is 14.0. The number of ether oxygens (including phenoxy) is 1. The molecule has 0 aliphatic heterocycles. The lowest BCUT2D eigenvalue weighted by Gasteiger charge is -2.13. The van der Waals surface area contributed by atoms with Crippen molar-refractivity contribution in [3.05, 3.63) is 24.3 Å². The molecule has 0 amide bonds. The van der Waals surface area contributed by atoms with E-state index in [0.717, 1.165) is 0 Å². The van der Waals surface area contributed by atoms with Crippen molar-refractivity contribution in [2.75, 3.05) is 6.61 Å². The van der Waals surface area contributed by atoms with Gasteiger partial charge in [-0.05, 0) is 20.8 Å². The maximum atomic E-state index is 11.2. The minimum absolute atomic E-state index is 0. The van der Waals surface area contributed by atoms with E-state index in [-0.39, 0.29) is 36.6 Å². The molecule has 0 saturated heterocycles. The van der Waals surface area contributed by atoms with E-state index in [4.69, 9.17) is 10.5 Å². The first-order valence-corrected chi connectivity index (χ1v) is 4.13. The summed E-state index contributed by atoms with van der Waals surface area (Å²) in [4.78, 5) is 11.2. The lowest BCUT2D eigenvalue weighted by molar-refractivity contribution is -0.137. The van der Waals surface area contributed by atoms with Gasteiger partial charge < -0.3 is 10.5 Å². The number of nitrogens with two attached hydrogens (primary N) is 1. The SMILES string of the molecule is C=CCOC(=O)C(C)=CC(C)(C)N.I. The third-order valence-corrected chi connectivity index (χ3v) is 1.24. The van der Waals surface area contributed by atoms with Gasteiger partial charge in [0.2, 0.25) is 0 Å². The van der Waals surface area contributed by atoms with Crippen molar-refractivity contribution in [2.24, 2.45) is 5.73 Å². The van der Waals surface area contributed by atoms with Crippen molar-refractivity contribution < 1.29 is 9.53 Å². The van der Waals surface area contributed by atoms with Gasteiger partial charge in [-0.1, -0.05) is 18.7 Å². The number of carbonyl (C=O) groups is 1. The highest BCUT2D eigenvalue weighted by Gasteiger charge is 2.11. The van der Waals surface area contributed by atoms with Crippen molar-refractivity contribution in [2.45, 2.75) is 26.3 Å². The quantitative estimate of drug-likeness (QED) is 0.374. The number of hydrogen-bond donors (Lipinski definition) is 1. The molecule has 14 heavy (non-hydrogen) atoms. The molecule has 3 nitrogen and oxygen atoms in total. The molecule has 0 aromatic rings. The third kappa shape index (κ3) is 8.25. The molecule has 0 unspecified atom stereocenters. The second kappa shape index (κ2) is 7.00. The molecule has 0 heterocycles. The Kier molecular flexibility index (Phi) is 8.04. The van der Waals surface area contributed by atoms with Crippen LogP contribution in [0.4, 0.5) is 0 Å². The molecule has 0 atom stereocenters. The first kappa shape index (κ1) is 16.1. The van der Waals surface area contributed by atoms with E-state index >= 15 is 0 Å². The first-order chi connectivity index (χ1) is 5.87. The Balaban J connectivity index is 0. The standard InChI is InChI=1S/C10H17NO2.HI/c1-5-6-13-9(12)8(2)7-10(3,4)11;/h5,7H,1,6,11H2,2-4H3;1H. The fourth-order valence-electron chi connectivity index (χ4n) is 0.865. The predicted molar refractivity (Wildman–Crippen MR) is 68.6 cm³/mol. The fraction of sp³-hybridized carbons (Fsp3) is 0.500. The molecule has 82 valence electrons. The average molecular weight is 311 g/mol. The topological polar surface area (TPSA) is 52.3 Å². The van der Waals surface area contributed by atoms with E-state index in [0.29, 0.717) is 5.57 Å². The Bertz CT molecular complexity index is 229. The number of halogens is 1. The second-order valence-corrected chi connectivity index (χ2v) is 3.54. The van der Waals surface area contributed by atoms with Crippen molar-refractivity contribution in [3.8, 4) is 0 Å². The average Bonchev–Trinajstić information content (AvgIpc) is 1.96. The predicted octanol–water partition coefficient (Wildman–Crippen LogP) is 2.02. The van der Waals surface area contributed by atoms with Gasteiger partial charge >= 0.3 is 5.97 Å². The minimum Gasteiger partial charge on any atom is -0.458 e. The first-order valence-electron chi connectivity index (χ1n) is 4.13. The molecule has 0 bridgehead atoms. The molecule has 0 radical (unpaired) electrons. The van der Waals surface area contributed by atoms with Crippen LogP contribution in [0.1, 0.15) is 20.8 Å². The van der Waals surface area contributed by atoms with E-state index in [2.05, 4.69) is 6.58 Å². The van der Waals surface area contributed by atoms with Crippen LogP contribution in [0.5, 0.6) is 0 Å². The van der Waals surface area contributed by atoms with Crippen LogP contribution in [-0.4, -0.2) is 18.1 Å². The summed E-state index contributed by atoms with van der Waals surface area (Å²) < 4.78 is 4.82. The van der Waals surface area contributed by atoms with Crippen LogP contribution in [0.3, 0.4) is 0 Å². The van der Waals surface area contributed by atoms with Gasteiger partial charge in [0, 0.05) is 11.1 Å². The Labute approximate surface area is 102 Å². The van der Waals surface area contributed by atoms with Crippen LogP contribution >= 0.6 is 24.0 Å². The Morgan fingerprint density at radius 2 is 2.07 bits per heavy atom. The zero-order valence-electron chi connectivity index (χ0n) is 8.87. The van der Waals surface area contributed by atoms with Crippen molar-refractivity contribution in [1.82, 2.24) is 0 Å². The summed E-state index contributed by atoms with van der Waals surface area (Å²) in [5, 5.41) is 0. The smallest absolute Gasteiger partial charge is 0.333 e. The molecular weight excluding hydrogens is 293 g/mol. The second-order valence-electron chi connectivity index (χ2n) is 3.54. The Hall–Kier alpha value is -0.360. The zero-order valence-corrected chi connectivity index (χ0v) is 11.2.